The topological polar surface area (TPSA) is 38.0 Å². The number of nitrogens with two attached hydrogens (primary N) is 1. The summed E-state index contributed by atoms with van der Waals surface area (Å²) in [6, 6.07) is 17.0. The number of halogens is 1. The van der Waals surface area contributed by atoms with Crippen molar-refractivity contribution in [3.05, 3.63) is 64.1 Å². The molecule has 102 valence electrons. The zero-order chi connectivity index (χ0) is 14.1. The van der Waals surface area contributed by atoms with Gasteiger partial charge in [-0.05, 0) is 30.2 Å². The summed E-state index contributed by atoms with van der Waals surface area (Å²) in [6.45, 7) is 0. The van der Waals surface area contributed by atoms with Crippen molar-refractivity contribution < 1.29 is 0 Å². The molecule has 0 heterocycles. The fraction of sp³-hybridized carbons (Fsp3) is 0.188. The average molecular weight is 347 g/mol. The molecule has 20 heavy (non-hydrogen) atoms. The highest BCUT2D eigenvalue weighted by Gasteiger charge is 2.38. The van der Waals surface area contributed by atoms with Gasteiger partial charge in [0.1, 0.15) is 4.99 Å². The molecule has 3 N–H and O–H groups in total. The molecule has 2 aromatic rings. The van der Waals surface area contributed by atoms with E-state index in [0.717, 1.165) is 22.1 Å². The number of benzene rings is 2. The van der Waals surface area contributed by atoms with Gasteiger partial charge in [0.25, 0.3) is 0 Å². The van der Waals surface area contributed by atoms with E-state index in [1.807, 2.05) is 24.3 Å². The molecule has 0 bridgehead atoms. The second-order valence-electron chi connectivity index (χ2n) is 5.06. The first kappa shape index (κ1) is 13.6. The van der Waals surface area contributed by atoms with Crippen LogP contribution < -0.4 is 11.1 Å². The fourth-order valence-electron chi connectivity index (χ4n) is 2.47. The van der Waals surface area contributed by atoms with E-state index < -0.39 is 0 Å². The summed E-state index contributed by atoms with van der Waals surface area (Å²) in [7, 11) is 0. The molecule has 0 aliphatic heterocycles. The van der Waals surface area contributed by atoms with Gasteiger partial charge < -0.3 is 11.1 Å². The first-order chi connectivity index (χ1) is 9.65. The minimum absolute atomic E-state index is 0.428. The molecule has 2 nitrogen and oxygen atoms in total. The summed E-state index contributed by atoms with van der Waals surface area (Å²) in [6.07, 6.45) is 1.15. The lowest BCUT2D eigenvalue weighted by Crippen LogP contribution is -2.14. The molecule has 0 amide bonds. The van der Waals surface area contributed by atoms with Crippen LogP contribution in [-0.4, -0.2) is 11.0 Å². The normalized spacial score (nSPS) is 20.4. The van der Waals surface area contributed by atoms with E-state index >= 15 is 0 Å². The van der Waals surface area contributed by atoms with Crippen molar-refractivity contribution in [1.82, 2.24) is 0 Å². The van der Waals surface area contributed by atoms with E-state index in [1.54, 1.807) is 0 Å². The Morgan fingerprint density at radius 2 is 1.95 bits per heavy atom. The van der Waals surface area contributed by atoms with Gasteiger partial charge in [0.2, 0.25) is 0 Å². The van der Waals surface area contributed by atoms with E-state index in [-0.39, 0.29) is 0 Å². The molecule has 0 spiro atoms. The number of hydrogen-bond donors (Lipinski definition) is 2. The number of anilines is 1. The van der Waals surface area contributed by atoms with Gasteiger partial charge in [-0.15, -0.1) is 0 Å². The number of thiocarbonyl (C=S) groups is 1. The smallest absolute Gasteiger partial charge is 0.106 e. The standard InChI is InChI=1S/C16H15BrN2S/c17-11-6-7-12(16(18)20)14(8-11)19-15-9-13(15)10-4-2-1-3-5-10/h1-8,13,15,19H,9H2,(H2,18,20). The molecule has 2 unspecified atom stereocenters. The molecule has 4 heteroatoms. The highest BCUT2D eigenvalue weighted by molar-refractivity contribution is 9.10. The molecule has 1 aliphatic rings. The van der Waals surface area contributed by atoms with Crippen LogP contribution >= 0.6 is 28.1 Å². The molecule has 3 rings (SSSR count). The minimum Gasteiger partial charge on any atom is -0.389 e. The Hall–Kier alpha value is -1.39. The summed E-state index contributed by atoms with van der Waals surface area (Å²) in [4.78, 5) is 0.428. The molecular weight excluding hydrogens is 332 g/mol. The third kappa shape index (κ3) is 2.86. The Morgan fingerprint density at radius 3 is 2.65 bits per heavy atom. The molecule has 1 aliphatic carbocycles. The highest BCUT2D eigenvalue weighted by atomic mass is 79.9. The zero-order valence-electron chi connectivity index (χ0n) is 10.8. The maximum Gasteiger partial charge on any atom is 0.106 e. The van der Waals surface area contributed by atoms with Gasteiger partial charge in [-0.25, -0.2) is 0 Å². The first-order valence-electron chi connectivity index (χ1n) is 6.56. The summed E-state index contributed by atoms with van der Waals surface area (Å²) < 4.78 is 1.02. The fourth-order valence-corrected chi connectivity index (χ4v) is 3.01. The third-order valence-corrected chi connectivity index (χ3v) is 4.32. The Kier molecular flexibility index (Phi) is 3.76. The predicted octanol–water partition coefficient (Wildman–Crippen LogP) is 4.05. The predicted molar refractivity (Wildman–Crippen MR) is 91.2 cm³/mol. The lowest BCUT2D eigenvalue weighted by atomic mass is 10.1. The third-order valence-electron chi connectivity index (χ3n) is 3.61. The summed E-state index contributed by atoms with van der Waals surface area (Å²) in [5, 5.41) is 3.56. The largest absolute Gasteiger partial charge is 0.389 e. The molecule has 0 saturated heterocycles. The Balaban J connectivity index is 1.77. The van der Waals surface area contributed by atoms with Gasteiger partial charge in [-0.3, -0.25) is 0 Å². The molecule has 2 aromatic carbocycles. The van der Waals surface area contributed by atoms with E-state index in [9.17, 15) is 0 Å². The molecular formula is C16H15BrN2S. The Morgan fingerprint density at radius 1 is 1.20 bits per heavy atom. The molecule has 0 aromatic heterocycles. The van der Waals surface area contributed by atoms with E-state index in [0.29, 0.717) is 16.9 Å². The van der Waals surface area contributed by atoms with Gasteiger partial charge in [0.05, 0.1) is 0 Å². The van der Waals surface area contributed by atoms with Gasteiger partial charge >= 0.3 is 0 Å². The second-order valence-corrected chi connectivity index (χ2v) is 6.41. The van der Waals surface area contributed by atoms with E-state index in [2.05, 4.69) is 45.5 Å². The van der Waals surface area contributed by atoms with Crippen LogP contribution in [0.15, 0.2) is 53.0 Å². The van der Waals surface area contributed by atoms with Gasteiger partial charge in [-0.1, -0.05) is 58.5 Å². The lowest BCUT2D eigenvalue weighted by molar-refractivity contribution is 1.04. The lowest BCUT2D eigenvalue weighted by Gasteiger charge is -2.12. The van der Waals surface area contributed by atoms with Crippen LogP contribution in [0.3, 0.4) is 0 Å². The quantitative estimate of drug-likeness (QED) is 0.820. The zero-order valence-corrected chi connectivity index (χ0v) is 13.2. The van der Waals surface area contributed by atoms with E-state index in [1.165, 1.54) is 5.56 Å². The monoisotopic (exact) mass is 346 g/mol. The van der Waals surface area contributed by atoms with Crippen LogP contribution in [0.2, 0.25) is 0 Å². The first-order valence-corrected chi connectivity index (χ1v) is 7.76. The Bertz CT molecular complexity index is 642. The van der Waals surface area contributed by atoms with Crippen molar-refractivity contribution in [2.75, 3.05) is 5.32 Å². The van der Waals surface area contributed by atoms with Crippen LogP contribution in [0.4, 0.5) is 5.69 Å². The number of rotatable bonds is 4. The van der Waals surface area contributed by atoms with Crippen molar-refractivity contribution in [3.63, 3.8) is 0 Å². The van der Waals surface area contributed by atoms with Crippen LogP contribution in [-0.2, 0) is 0 Å². The van der Waals surface area contributed by atoms with Crippen molar-refractivity contribution in [3.8, 4) is 0 Å². The molecule has 0 radical (unpaired) electrons. The molecule has 2 atom stereocenters. The average Bonchev–Trinajstić information content (AvgIpc) is 3.19. The van der Waals surface area contributed by atoms with E-state index in [4.69, 9.17) is 18.0 Å². The SMILES string of the molecule is NC(=S)c1ccc(Br)cc1NC1CC1c1ccccc1. The van der Waals surface area contributed by atoms with Gasteiger partial charge in [-0.2, -0.15) is 0 Å². The maximum atomic E-state index is 5.78. The van der Waals surface area contributed by atoms with Crippen molar-refractivity contribution in [2.45, 2.75) is 18.4 Å². The van der Waals surface area contributed by atoms with Crippen LogP contribution in [0.25, 0.3) is 0 Å². The summed E-state index contributed by atoms with van der Waals surface area (Å²) in [5.74, 6) is 0.578. The minimum atomic E-state index is 0.428. The van der Waals surface area contributed by atoms with Crippen LogP contribution in [0, 0.1) is 0 Å². The summed E-state index contributed by atoms with van der Waals surface area (Å²) in [5.41, 5.74) is 9.08. The maximum absolute atomic E-state index is 5.78. The number of nitrogens with one attached hydrogen (secondary N) is 1. The molecule has 1 saturated carbocycles. The van der Waals surface area contributed by atoms with Crippen molar-refractivity contribution >= 4 is 38.8 Å². The second kappa shape index (κ2) is 5.54. The van der Waals surface area contributed by atoms with Gasteiger partial charge in [0.15, 0.2) is 0 Å². The highest BCUT2D eigenvalue weighted by Crippen LogP contribution is 2.43. The Labute approximate surface area is 132 Å². The van der Waals surface area contributed by atoms with Crippen molar-refractivity contribution in [1.29, 1.82) is 0 Å². The summed E-state index contributed by atoms with van der Waals surface area (Å²) >= 11 is 8.60. The van der Waals surface area contributed by atoms with Crippen molar-refractivity contribution in [2.24, 2.45) is 5.73 Å². The number of hydrogen-bond acceptors (Lipinski definition) is 2. The van der Waals surface area contributed by atoms with Gasteiger partial charge in [0, 0.05) is 27.7 Å². The van der Waals surface area contributed by atoms with Crippen LogP contribution in [0.1, 0.15) is 23.5 Å². The molecule has 1 fully saturated rings. The van der Waals surface area contributed by atoms with Crippen LogP contribution in [0.5, 0.6) is 0 Å².